The van der Waals surface area contributed by atoms with Crippen LogP contribution in [0.25, 0.3) is 0 Å². The van der Waals surface area contributed by atoms with Crippen LogP contribution in [0.2, 0.25) is 0 Å². The molecule has 1 nitrogen and oxygen atoms in total. The largest absolute Gasteiger partial charge is 0.392 e. The molecule has 0 aromatic rings. The number of rotatable bonds is 2. The summed E-state index contributed by atoms with van der Waals surface area (Å²) in [6, 6.07) is 0. The molecule has 0 amide bonds. The zero-order valence-corrected chi connectivity index (χ0v) is 7.66. The summed E-state index contributed by atoms with van der Waals surface area (Å²) in [7, 11) is 0. The van der Waals surface area contributed by atoms with Gasteiger partial charge in [0, 0.05) is 6.42 Å². The summed E-state index contributed by atoms with van der Waals surface area (Å²) >= 11 is 1.94. The van der Waals surface area contributed by atoms with E-state index in [2.05, 4.69) is 11.8 Å². The zero-order valence-electron chi connectivity index (χ0n) is 6.84. The Hall–Kier alpha value is -0.130. The van der Waals surface area contributed by atoms with E-state index in [1.807, 2.05) is 18.7 Å². The predicted molar refractivity (Wildman–Crippen MR) is 49.5 cm³/mol. The Balaban J connectivity index is 2.26. The smallest absolute Gasteiger partial charge is 0.0685 e. The molecule has 0 bridgehead atoms. The van der Waals surface area contributed by atoms with Gasteiger partial charge in [-0.2, -0.15) is 11.8 Å². The van der Waals surface area contributed by atoms with Gasteiger partial charge in [-0.05, 0) is 30.8 Å². The fourth-order valence-corrected chi connectivity index (χ4v) is 2.56. The van der Waals surface area contributed by atoms with E-state index in [9.17, 15) is 5.11 Å². The van der Waals surface area contributed by atoms with Crippen LogP contribution in [-0.2, 0) is 0 Å². The van der Waals surface area contributed by atoms with Crippen LogP contribution >= 0.6 is 11.8 Å². The highest BCUT2D eigenvalue weighted by Crippen LogP contribution is 2.27. The van der Waals surface area contributed by atoms with E-state index in [1.165, 1.54) is 5.75 Å². The molecule has 0 radical (unpaired) electrons. The van der Waals surface area contributed by atoms with Crippen LogP contribution in [0.1, 0.15) is 19.8 Å². The second-order valence-corrected chi connectivity index (χ2v) is 3.97. The molecule has 0 aliphatic carbocycles. The lowest BCUT2D eigenvalue weighted by Crippen LogP contribution is -2.18. The molecule has 0 spiro atoms. The lowest BCUT2D eigenvalue weighted by Gasteiger charge is -2.13. The maximum atomic E-state index is 9.56. The molecular formula is C9H14OS. The van der Waals surface area contributed by atoms with E-state index in [0.717, 1.165) is 12.2 Å². The predicted octanol–water partition coefficient (Wildman–Crippen LogP) is 1.51. The van der Waals surface area contributed by atoms with Crippen LogP contribution < -0.4 is 0 Å². The number of thioether (sulfide) groups is 1. The molecule has 1 aliphatic heterocycles. The monoisotopic (exact) mass is 170 g/mol. The van der Waals surface area contributed by atoms with Crippen molar-refractivity contribution in [3.8, 4) is 11.8 Å². The first-order valence-electron chi connectivity index (χ1n) is 4.00. The molecule has 1 saturated heterocycles. The second kappa shape index (κ2) is 4.69. The fraction of sp³-hybridized carbons (Fsp3) is 0.778. The van der Waals surface area contributed by atoms with Crippen molar-refractivity contribution in [2.24, 2.45) is 5.92 Å². The molecule has 0 aromatic carbocycles. The van der Waals surface area contributed by atoms with Crippen molar-refractivity contribution in [3.05, 3.63) is 0 Å². The molecule has 2 heteroatoms. The first kappa shape index (κ1) is 8.96. The highest BCUT2D eigenvalue weighted by molar-refractivity contribution is 7.99. The van der Waals surface area contributed by atoms with E-state index in [4.69, 9.17) is 0 Å². The Bertz CT molecular complexity index is 162. The lowest BCUT2D eigenvalue weighted by molar-refractivity contribution is 0.125. The maximum absolute atomic E-state index is 9.56. The van der Waals surface area contributed by atoms with Crippen LogP contribution in [0, 0.1) is 17.8 Å². The van der Waals surface area contributed by atoms with Crippen LogP contribution in [0.4, 0.5) is 0 Å². The van der Waals surface area contributed by atoms with Gasteiger partial charge in [0.25, 0.3) is 0 Å². The minimum absolute atomic E-state index is 0.183. The zero-order chi connectivity index (χ0) is 8.10. The number of hydrogen-bond acceptors (Lipinski definition) is 2. The Morgan fingerprint density at radius 1 is 1.73 bits per heavy atom. The molecule has 1 rings (SSSR count). The van der Waals surface area contributed by atoms with Crippen molar-refractivity contribution in [2.75, 3.05) is 11.5 Å². The summed E-state index contributed by atoms with van der Waals surface area (Å²) in [5, 5.41) is 9.56. The van der Waals surface area contributed by atoms with E-state index in [-0.39, 0.29) is 6.10 Å². The summed E-state index contributed by atoms with van der Waals surface area (Å²) in [4.78, 5) is 0. The maximum Gasteiger partial charge on any atom is 0.0685 e. The van der Waals surface area contributed by atoms with E-state index >= 15 is 0 Å². The first-order chi connectivity index (χ1) is 5.34. The van der Waals surface area contributed by atoms with Gasteiger partial charge >= 0.3 is 0 Å². The topological polar surface area (TPSA) is 20.2 Å². The number of aliphatic hydroxyl groups excluding tert-OH is 1. The first-order valence-corrected chi connectivity index (χ1v) is 5.15. The second-order valence-electron chi connectivity index (χ2n) is 2.82. The molecular weight excluding hydrogens is 156 g/mol. The van der Waals surface area contributed by atoms with Gasteiger partial charge in [0.05, 0.1) is 6.10 Å². The Morgan fingerprint density at radius 3 is 3.09 bits per heavy atom. The number of aliphatic hydroxyl groups is 1. The minimum atomic E-state index is -0.183. The van der Waals surface area contributed by atoms with Gasteiger partial charge in [-0.3, -0.25) is 0 Å². The van der Waals surface area contributed by atoms with Gasteiger partial charge in [-0.15, -0.1) is 11.8 Å². The molecule has 0 saturated carbocycles. The van der Waals surface area contributed by atoms with E-state index in [1.54, 1.807) is 0 Å². The summed E-state index contributed by atoms with van der Waals surface area (Å²) in [5.74, 6) is 8.55. The standard InChI is InChI=1S/C9H14OS/c1-2-3-4-9(10)8-5-6-11-7-8/h8-10H,4-7H2,1H3. The molecule has 1 N–H and O–H groups in total. The van der Waals surface area contributed by atoms with Crippen LogP contribution in [0.3, 0.4) is 0 Å². The van der Waals surface area contributed by atoms with Crippen LogP contribution in [-0.4, -0.2) is 22.7 Å². The third-order valence-corrected chi connectivity index (χ3v) is 3.19. The van der Waals surface area contributed by atoms with Crippen molar-refractivity contribution >= 4 is 11.8 Å². The van der Waals surface area contributed by atoms with Crippen molar-refractivity contribution in [2.45, 2.75) is 25.9 Å². The quantitative estimate of drug-likeness (QED) is 0.634. The molecule has 62 valence electrons. The summed E-state index contributed by atoms with van der Waals surface area (Å²) in [6.07, 6.45) is 1.64. The molecule has 11 heavy (non-hydrogen) atoms. The minimum Gasteiger partial charge on any atom is -0.392 e. The average Bonchev–Trinajstić information content (AvgIpc) is 2.52. The van der Waals surface area contributed by atoms with Gasteiger partial charge < -0.3 is 5.11 Å². The van der Waals surface area contributed by atoms with Gasteiger partial charge in [0.1, 0.15) is 0 Å². The molecule has 1 fully saturated rings. The molecule has 2 atom stereocenters. The van der Waals surface area contributed by atoms with Crippen molar-refractivity contribution in [1.29, 1.82) is 0 Å². The highest BCUT2D eigenvalue weighted by Gasteiger charge is 2.22. The summed E-state index contributed by atoms with van der Waals surface area (Å²) in [5.41, 5.74) is 0. The molecule has 1 heterocycles. The number of hydrogen-bond donors (Lipinski definition) is 1. The van der Waals surface area contributed by atoms with Gasteiger partial charge in [0.2, 0.25) is 0 Å². The van der Waals surface area contributed by atoms with Gasteiger partial charge in [-0.1, -0.05) is 0 Å². The van der Waals surface area contributed by atoms with E-state index < -0.39 is 0 Å². The third kappa shape index (κ3) is 2.76. The Kier molecular flexibility index (Phi) is 3.82. The van der Waals surface area contributed by atoms with Crippen molar-refractivity contribution in [3.63, 3.8) is 0 Å². The van der Waals surface area contributed by atoms with Gasteiger partial charge in [0.15, 0.2) is 0 Å². The average molecular weight is 170 g/mol. The Morgan fingerprint density at radius 2 is 2.55 bits per heavy atom. The van der Waals surface area contributed by atoms with Crippen molar-refractivity contribution < 1.29 is 5.11 Å². The van der Waals surface area contributed by atoms with Crippen LogP contribution in [0.5, 0.6) is 0 Å². The highest BCUT2D eigenvalue weighted by atomic mass is 32.2. The molecule has 1 aliphatic rings. The Labute approximate surface area is 72.6 Å². The SMILES string of the molecule is CC#CCC(O)C1CCSC1. The molecule has 2 unspecified atom stereocenters. The van der Waals surface area contributed by atoms with E-state index in [0.29, 0.717) is 12.3 Å². The summed E-state index contributed by atoms with van der Waals surface area (Å²) < 4.78 is 0. The van der Waals surface area contributed by atoms with Gasteiger partial charge in [-0.25, -0.2) is 0 Å². The fourth-order valence-electron chi connectivity index (χ4n) is 1.23. The van der Waals surface area contributed by atoms with Crippen LogP contribution in [0.15, 0.2) is 0 Å². The normalized spacial score (nSPS) is 25.8. The molecule has 0 aromatic heterocycles. The van der Waals surface area contributed by atoms with Crippen molar-refractivity contribution in [1.82, 2.24) is 0 Å². The lowest BCUT2D eigenvalue weighted by atomic mass is 10.00. The third-order valence-electron chi connectivity index (χ3n) is 2.00. The summed E-state index contributed by atoms with van der Waals surface area (Å²) in [6.45, 7) is 1.82.